The summed E-state index contributed by atoms with van der Waals surface area (Å²) >= 11 is 0. The Hall–Kier alpha value is -1.50. The lowest BCUT2D eigenvalue weighted by Crippen LogP contribution is -2.42. The first-order chi connectivity index (χ1) is 10.7. The molecule has 0 aliphatic carbocycles. The van der Waals surface area contributed by atoms with Gasteiger partial charge >= 0.3 is 0 Å². The Bertz CT molecular complexity index is 592. The Morgan fingerprint density at radius 2 is 1.91 bits per heavy atom. The highest BCUT2D eigenvalue weighted by Crippen LogP contribution is 2.05. The topological polar surface area (TPSA) is 41.4 Å². The van der Waals surface area contributed by atoms with Crippen LogP contribution < -0.4 is 10.6 Å². The number of nitrogens with one attached hydrogen (secondary N) is 2. The molecule has 0 bridgehead atoms. The molecule has 0 saturated heterocycles. The molecule has 2 rings (SSSR count). The van der Waals surface area contributed by atoms with E-state index in [0.29, 0.717) is 6.04 Å². The SMILES string of the molecule is CN=C(NCc1ccn(C)c1)NC(C)CCc1ccccc1.I. The van der Waals surface area contributed by atoms with E-state index in [-0.39, 0.29) is 24.0 Å². The molecule has 126 valence electrons. The van der Waals surface area contributed by atoms with Gasteiger partial charge in [-0.25, -0.2) is 0 Å². The maximum absolute atomic E-state index is 4.29. The van der Waals surface area contributed by atoms with Crippen molar-refractivity contribution in [2.45, 2.75) is 32.4 Å². The highest BCUT2D eigenvalue weighted by atomic mass is 127. The molecule has 1 unspecified atom stereocenters. The van der Waals surface area contributed by atoms with Crippen molar-refractivity contribution in [3.05, 3.63) is 59.9 Å². The molecule has 2 N–H and O–H groups in total. The lowest BCUT2D eigenvalue weighted by atomic mass is 10.1. The lowest BCUT2D eigenvalue weighted by molar-refractivity contribution is 0.593. The van der Waals surface area contributed by atoms with Crippen LogP contribution in [0.4, 0.5) is 0 Å². The molecule has 1 atom stereocenters. The maximum atomic E-state index is 4.29. The predicted octanol–water partition coefficient (Wildman–Crippen LogP) is 3.33. The summed E-state index contributed by atoms with van der Waals surface area (Å²) in [5, 5.41) is 6.80. The Morgan fingerprint density at radius 3 is 2.52 bits per heavy atom. The number of halogens is 1. The van der Waals surface area contributed by atoms with E-state index in [9.17, 15) is 0 Å². The minimum atomic E-state index is 0. The number of guanidine groups is 1. The number of aryl methyl sites for hydroxylation is 2. The molecule has 1 aromatic carbocycles. The van der Waals surface area contributed by atoms with Crippen molar-refractivity contribution in [2.75, 3.05) is 7.05 Å². The molecular formula is C18H27IN4. The molecule has 0 saturated carbocycles. The van der Waals surface area contributed by atoms with Crippen LogP contribution in [0.3, 0.4) is 0 Å². The second-order valence-corrected chi connectivity index (χ2v) is 5.68. The number of hydrogen-bond acceptors (Lipinski definition) is 1. The molecule has 0 aliphatic rings. The summed E-state index contributed by atoms with van der Waals surface area (Å²) in [4.78, 5) is 4.29. The van der Waals surface area contributed by atoms with E-state index in [2.05, 4.69) is 75.9 Å². The number of nitrogens with zero attached hydrogens (tertiary/aromatic N) is 2. The zero-order valence-electron chi connectivity index (χ0n) is 14.1. The number of aromatic nitrogens is 1. The van der Waals surface area contributed by atoms with Crippen molar-refractivity contribution < 1.29 is 0 Å². The number of hydrogen-bond donors (Lipinski definition) is 2. The number of rotatable bonds is 6. The average molecular weight is 426 g/mol. The molecule has 0 aliphatic heterocycles. The fraction of sp³-hybridized carbons (Fsp3) is 0.389. The van der Waals surface area contributed by atoms with E-state index in [4.69, 9.17) is 0 Å². The van der Waals surface area contributed by atoms with Crippen LogP contribution in [-0.4, -0.2) is 23.6 Å². The molecule has 23 heavy (non-hydrogen) atoms. The highest BCUT2D eigenvalue weighted by molar-refractivity contribution is 14.0. The molecule has 1 heterocycles. The fourth-order valence-corrected chi connectivity index (χ4v) is 2.38. The van der Waals surface area contributed by atoms with Gasteiger partial charge in [-0.1, -0.05) is 30.3 Å². The molecule has 1 aromatic heterocycles. The quantitative estimate of drug-likeness (QED) is 0.423. The molecule has 0 amide bonds. The third-order valence-electron chi connectivity index (χ3n) is 3.67. The fourth-order valence-electron chi connectivity index (χ4n) is 2.38. The predicted molar refractivity (Wildman–Crippen MR) is 108 cm³/mol. The van der Waals surface area contributed by atoms with Crippen molar-refractivity contribution in [1.82, 2.24) is 15.2 Å². The van der Waals surface area contributed by atoms with Crippen LogP contribution in [0.25, 0.3) is 0 Å². The van der Waals surface area contributed by atoms with Gasteiger partial charge in [0.1, 0.15) is 0 Å². The van der Waals surface area contributed by atoms with E-state index in [1.807, 2.05) is 14.1 Å². The second-order valence-electron chi connectivity index (χ2n) is 5.68. The first kappa shape index (κ1) is 19.5. The summed E-state index contributed by atoms with van der Waals surface area (Å²) in [5.41, 5.74) is 2.63. The van der Waals surface area contributed by atoms with Crippen LogP contribution >= 0.6 is 24.0 Å². The first-order valence-corrected chi connectivity index (χ1v) is 7.79. The van der Waals surface area contributed by atoms with Gasteiger partial charge in [0.15, 0.2) is 5.96 Å². The summed E-state index contributed by atoms with van der Waals surface area (Å²) in [5.74, 6) is 0.851. The van der Waals surface area contributed by atoms with Crippen molar-refractivity contribution in [1.29, 1.82) is 0 Å². The molecule has 4 nitrogen and oxygen atoms in total. The van der Waals surface area contributed by atoms with Gasteiger partial charge in [0.05, 0.1) is 0 Å². The number of aliphatic imine (C=N–C) groups is 1. The minimum absolute atomic E-state index is 0. The summed E-state index contributed by atoms with van der Waals surface area (Å²) in [7, 11) is 3.84. The summed E-state index contributed by atoms with van der Waals surface area (Å²) in [6.45, 7) is 2.98. The monoisotopic (exact) mass is 426 g/mol. The highest BCUT2D eigenvalue weighted by Gasteiger charge is 2.06. The smallest absolute Gasteiger partial charge is 0.191 e. The Morgan fingerprint density at radius 1 is 1.17 bits per heavy atom. The third kappa shape index (κ3) is 7.07. The zero-order valence-corrected chi connectivity index (χ0v) is 16.5. The summed E-state index contributed by atoms with van der Waals surface area (Å²) in [6, 6.07) is 13.1. The molecule has 5 heteroatoms. The van der Waals surface area contributed by atoms with E-state index in [1.165, 1.54) is 11.1 Å². The van der Waals surface area contributed by atoms with Gasteiger partial charge in [0.25, 0.3) is 0 Å². The lowest BCUT2D eigenvalue weighted by Gasteiger charge is -2.17. The third-order valence-corrected chi connectivity index (χ3v) is 3.67. The van der Waals surface area contributed by atoms with Gasteiger partial charge in [-0.3, -0.25) is 4.99 Å². The van der Waals surface area contributed by atoms with Gasteiger partial charge in [0, 0.05) is 39.1 Å². The molecule has 2 aromatic rings. The zero-order chi connectivity index (χ0) is 15.8. The van der Waals surface area contributed by atoms with E-state index >= 15 is 0 Å². The van der Waals surface area contributed by atoms with Crippen molar-refractivity contribution in [2.24, 2.45) is 12.0 Å². The van der Waals surface area contributed by atoms with Gasteiger partial charge < -0.3 is 15.2 Å². The normalized spacial score (nSPS) is 12.4. The van der Waals surface area contributed by atoms with Gasteiger partial charge in [0.2, 0.25) is 0 Å². The minimum Gasteiger partial charge on any atom is -0.357 e. The molecule has 0 radical (unpaired) electrons. The second kappa shape index (κ2) is 10.3. The number of benzene rings is 1. The van der Waals surface area contributed by atoms with Crippen LogP contribution in [0.1, 0.15) is 24.5 Å². The van der Waals surface area contributed by atoms with E-state index in [1.54, 1.807) is 0 Å². The summed E-state index contributed by atoms with van der Waals surface area (Å²) < 4.78 is 2.05. The van der Waals surface area contributed by atoms with E-state index in [0.717, 1.165) is 25.3 Å². The van der Waals surface area contributed by atoms with Crippen LogP contribution in [0.5, 0.6) is 0 Å². The maximum Gasteiger partial charge on any atom is 0.191 e. The van der Waals surface area contributed by atoms with Crippen LogP contribution in [0.15, 0.2) is 53.8 Å². The standard InChI is InChI=1S/C18H26N4.HI/c1-15(9-10-16-7-5-4-6-8-16)21-18(19-2)20-13-17-11-12-22(3)14-17;/h4-8,11-12,14-15H,9-10,13H2,1-3H3,(H2,19,20,21);1H. The first-order valence-electron chi connectivity index (χ1n) is 7.79. The van der Waals surface area contributed by atoms with Gasteiger partial charge in [-0.2, -0.15) is 0 Å². The average Bonchev–Trinajstić information content (AvgIpc) is 2.96. The largest absolute Gasteiger partial charge is 0.357 e. The van der Waals surface area contributed by atoms with E-state index < -0.39 is 0 Å². The molecular weight excluding hydrogens is 399 g/mol. The van der Waals surface area contributed by atoms with Crippen molar-refractivity contribution in [3.8, 4) is 0 Å². The van der Waals surface area contributed by atoms with Crippen LogP contribution in [-0.2, 0) is 20.0 Å². The van der Waals surface area contributed by atoms with Crippen LogP contribution in [0, 0.1) is 0 Å². The Labute approximate surface area is 156 Å². The van der Waals surface area contributed by atoms with Gasteiger partial charge in [-0.15, -0.1) is 24.0 Å². The molecule has 0 fully saturated rings. The van der Waals surface area contributed by atoms with Crippen LogP contribution in [0.2, 0.25) is 0 Å². The molecule has 0 spiro atoms. The Balaban J connectivity index is 0.00000264. The van der Waals surface area contributed by atoms with Crippen molar-refractivity contribution in [3.63, 3.8) is 0 Å². The van der Waals surface area contributed by atoms with Gasteiger partial charge in [-0.05, 0) is 37.0 Å². The summed E-state index contributed by atoms with van der Waals surface area (Å²) in [6.07, 6.45) is 6.32. The Kier molecular flexibility index (Phi) is 8.76. The van der Waals surface area contributed by atoms with Crippen molar-refractivity contribution >= 4 is 29.9 Å².